The first-order chi connectivity index (χ1) is 13.2. The molecule has 0 fully saturated rings. The van der Waals surface area contributed by atoms with Gasteiger partial charge in [0, 0.05) is 17.8 Å². The van der Waals surface area contributed by atoms with Crippen LogP contribution < -0.4 is 5.32 Å². The summed E-state index contributed by atoms with van der Waals surface area (Å²) >= 11 is 1.44. The molecule has 0 saturated carbocycles. The molecule has 138 valence electrons. The molecule has 1 amide bonds. The number of hydrogen-bond donors (Lipinski definition) is 2. The van der Waals surface area contributed by atoms with Gasteiger partial charge >= 0.3 is 0 Å². The summed E-state index contributed by atoms with van der Waals surface area (Å²) in [5.74, 6) is 0.339. The number of aromatic nitrogens is 2. The number of carbonyl (C=O) groups is 1. The molecule has 1 heterocycles. The van der Waals surface area contributed by atoms with Gasteiger partial charge in [0.05, 0.1) is 11.4 Å². The van der Waals surface area contributed by atoms with Crippen LogP contribution in [0.4, 0.5) is 5.69 Å². The number of aryl methyl sites for hydroxylation is 3. The highest BCUT2D eigenvalue weighted by Crippen LogP contribution is 2.25. The first kappa shape index (κ1) is 17.9. The number of fused-ring (bicyclic) bond motifs is 1. The minimum Gasteiger partial charge on any atom is -0.337 e. The third-order valence-corrected chi connectivity index (χ3v) is 5.77. The second-order valence-electron chi connectivity index (χ2n) is 6.95. The van der Waals surface area contributed by atoms with Gasteiger partial charge in [-0.15, -0.1) is 0 Å². The molecule has 0 spiro atoms. The molecule has 2 aromatic carbocycles. The first-order valence-electron chi connectivity index (χ1n) is 9.31. The Bertz CT molecular complexity index is 949. The lowest BCUT2D eigenvalue weighted by molar-refractivity contribution is -0.113. The Morgan fingerprint density at radius 2 is 1.96 bits per heavy atom. The molecule has 27 heavy (non-hydrogen) atoms. The van der Waals surface area contributed by atoms with Gasteiger partial charge < -0.3 is 10.3 Å². The predicted octanol–water partition coefficient (Wildman–Crippen LogP) is 4.53. The highest BCUT2D eigenvalue weighted by molar-refractivity contribution is 7.99. The minimum absolute atomic E-state index is 0.00314. The normalized spacial score (nSPS) is 12.8. The predicted molar refractivity (Wildman–Crippen MR) is 110 cm³/mol. The molecule has 1 aliphatic rings. The molecule has 5 heteroatoms. The number of nitrogens with zero attached hydrogens (tertiary/aromatic N) is 1. The van der Waals surface area contributed by atoms with Gasteiger partial charge in [0.15, 0.2) is 5.16 Å². The van der Waals surface area contributed by atoms with Crippen LogP contribution in [0.1, 0.15) is 34.5 Å². The summed E-state index contributed by atoms with van der Waals surface area (Å²) in [5.41, 5.74) is 7.00. The van der Waals surface area contributed by atoms with E-state index in [9.17, 15) is 4.79 Å². The SMILES string of the molecule is Cc1[nH]c(SCC(=O)Nc2ccc3c(c2)CCC3)nc1Cc1ccccc1. The second kappa shape index (κ2) is 8.01. The lowest BCUT2D eigenvalue weighted by atomic mass is 10.1. The third kappa shape index (κ3) is 4.42. The smallest absolute Gasteiger partial charge is 0.234 e. The van der Waals surface area contributed by atoms with Crippen LogP contribution in [0.2, 0.25) is 0 Å². The van der Waals surface area contributed by atoms with E-state index in [4.69, 9.17) is 0 Å². The topological polar surface area (TPSA) is 57.8 Å². The van der Waals surface area contributed by atoms with Gasteiger partial charge in [0.2, 0.25) is 5.91 Å². The van der Waals surface area contributed by atoms with Crippen LogP contribution in [0, 0.1) is 6.92 Å². The van der Waals surface area contributed by atoms with Gasteiger partial charge in [-0.3, -0.25) is 4.79 Å². The minimum atomic E-state index is -0.00314. The zero-order chi connectivity index (χ0) is 18.6. The van der Waals surface area contributed by atoms with Crippen molar-refractivity contribution in [2.75, 3.05) is 11.1 Å². The molecule has 4 nitrogen and oxygen atoms in total. The highest BCUT2D eigenvalue weighted by atomic mass is 32.2. The average Bonchev–Trinajstić information content (AvgIpc) is 3.27. The van der Waals surface area contributed by atoms with Crippen molar-refractivity contribution in [2.45, 2.75) is 37.8 Å². The van der Waals surface area contributed by atoms with Crippen molar-refractivity contribution < 1.29 is 4.79 Å². The van der Waals surface area contributed by atoms with Gasteiger partial charge in [0.1, 0.15) is 0 Å². The Balaban J connectivity index is 1.33. The maximum Gasteiger partial charge on any atom is 0.234 e. The molecule has 0 bridgehead atoms. The summed E-state index contributed by atoms with van der Waals surface area (Å²) in [5, 5.41) is 3.80. The zero-order valence-corrected chi connectivity index (χ0v) is 16.2. The molecule has 0 saturated heterocycles. The van der Waals surface area contributed by atoms with E-state index in [1.165, 1.54) is 34.9 Å². The van der Waals surface area contributed by atoms with Gasteiger partial charge in [0.25, 0.3) is 0 Å². The van der Waals surface area contributed by atoms with Crippen LogP contribution in [-0.2, 0) is 24.1 Å². The van der Waals surface area contributed by atoms with Crippen molar-refractivity contribution in [3.05, 3.63) is 76.6 Å². The molecular weight excluding hydrogens is 354 g/mol. The quantitative estimate of drug-likeness (QED) is 0.621. The van der Waals surface area contributed by atoms with Crippen LogP contribution in [0.25, 0.3) is 0 Å². The number of benzene rings is 2. The Hall–Kier alpha value is -2.53. The van der Waals surface area contributed by atoms with Crippen molar-refractivity contribution >= 4 is 23.4 Å². The summed E-state index contributed by atoms with van der Waals surface area (Å²) in [6.45, 7) is 2.03. The summed E-state index contributed by atoms with van der Waals surface area (Å²) in [6, 6.07) is 16.5. The van der Waals surface area contributed by atoms with E-state index >= 15 is 0 Å². The maximum absolute atomic E-state index is 12.3. The summed E-state index contributed by atoms with van der Waals surface area (Å²) < 4.78 is 0. The standard InChI is InChI=1S/C22H23N3OS/c1-15-20(12-16-6-3-2-4-7-16)25-22(23-15)27-14-21(26)24-19-11-10-17-8-5-9-18(17)13-19/h2-4,6-7,10-11,13H,5,8-9,12,14H2,1H3,(H,23,25)(H,24,26). The van der Waals surface area contributed by atoms with Crippen LogP contribution in [0.5, 0.6) is 0 Å². The molecule has 1 aromatic heterocycles. The van der Waals surface area contributed by atoms with Crippen molar-refractivity contribution in [3.8, 4) is 0 Å². The van der Waals surface area contributed by atoms with Crippen molar-refractivity contribution in [1.82, 2.24) is 9.97 Å². The molecule has 3 aromatic rings. The molecule has 0 atom stereocenters. The number of imidazole rings is 1. The number of H-pyrrole nitrogens is 1. The van der Waals surface area contributed by atoms with Gasteiger partial charge in [-0.1, -0.05) is 48.2 Å². The molecular formula is C22H23N3OS. The van der Waals surface area contributed by atoms with Crippen LogP contribution in [0.15, 0.2) is 53.7 Å². The van der Waals surface area contributed by atoms with Crippen molar-refractivity contribution in [1.29, 1.82) is 0 Å². The van der Waals surface area contributed by atoms with Gasteiger partial charge in [-0.25, -0.2) is 4.98 Å². The third-order valence-electron chi connectivity index (χ3n) is 4.90. The lowest BCUT2D eigenvalue weighted by Crippen LogP contribution is -2.14. The number of carbonyl (C=O) groups excluding carboxylic acids is 1. The second-order valence-corrected chi connectivity index (χ2v) is 7.91. The fourth-order valence-corrected chi connectivity index (χ4v) is 4.22. The summed E-state index contributed by atoms with van der Waals surface area (Å²) in [6.07, 6.45) is 4.28. The zero-order valence-electron chi connectivity index (χ0n) is 15.4. The number of amides is 1. The number of aromatic amines is 1. The highest BCUT2D eigenvalue weighted by Gasteiger charge is 2.13. The number of rotatable bonds is 6. The Morgan fingerprint density at radius 1 is 1.15 bits per heavy atom. The fraction of sp³-hybridized carbons (Fsp3) is 0.273. The molecule has 4 rings (SSSR count). The van der Waals surface area contributed by atoms with Crippen LogP contribution in [-0.4, -0.2) is 21.6 Å². The number of anilines is 1. The van der Waals surface area contributed by atoms with Gasteiger partial charge in [-0.05, 0) is 55.0 Å². The number of thioether (sulfide) groups is 1. The van der Waals surface area contributed by atoms with Crippen molar-refractivity contribution in [3.63, 3.8) is 0 Å². The van der Waals surface area contributed by atoms with Crippen LogP contribution in [0.3, 0.4) is 0 Å². The Morgan fingerprint density at radius 3 is 2.81 bits per heavy atom. The molecule has 1 aliphatic carbocycles. The Kier molecular flexibility index (Phi) is 5.30. The largest absolute Gasteiger partial charge is 0.337 e. The van der Waals surface area contributed by atoms with Gasteiger partial charge in [-0.2, -0.15) is 0 Å². The first-order valence-corrected chi connectivity index (χ1v) is 10.3. The monoisotopic (exact) mass is 377 g/mol. The fourth-order valence-electron chi connectivity index (χ4n) is 3.48. The van der Waals surface area contributed by atoms with E-state index < -0.39 is 0 Å². The molecule has 2 N–H and O–H groups in total. The van der Waals surface area contributed by atoms with E-state index in [0.717, 1.165) is 41.5 Å². The molecule has 0 radical (unpaired) electrons. The van der Waals surface area contributed by atoms with E-state index in [0.29, 0.717) is 5.75 Å². The van der Waals surface area contributed by atoms with E-state index in [1.807, 2.05) is 31.2 Å². The van der Waals surface area contributed by atoms with Crippen LogP contribution >= 0.6 is 11.8 Å². The summed E-state index contributed by atoms with van der Waals surface area (Å²) in [7, 11) is 0. The number of hydrogen-bond acceptors (Lipinski definition) is 3. The van der Waals surface area contributed by atoms with Crippen molar-refractivity contribution in [2.24, 2.45) is 0 Å². The molecule has 0 aliphatic heterocycles. The number of nitrogens with one attached hydrogen (secondary N) is 2. The lowest BCUT2D eigenvalue weighted by Gasteiger charge is -2.07. The average molecular weight is 378 g/mol. The van der Waals surface area contributed by atoms with E-state index in [-0.39, 0.29) is 5.91 Å². The summed E-state index contributed by atoms with van der Waals surface area (Å²) in [4.78, 5) is 20.2. The maximum atomic E-state index is 12.3. The molecule has 0 unspecified atom stereocenters. The van der Waals surface area contributed by atoms with E-state index in [2.05, 4.69) is 39.6 Å². The Labute approximate surface area is 163 Å². The van der Waals surface area contributed by atoms with E-state index in [1.54, 1.807) is 0 Å².